The van der Waals surface area contributed by atoms with Gasteiger partial charge in [-0.05, 0) is 44.0 Å². The molecule has 3 nitrogen and oxygen atoms in total. The summed E-state index contributed by atoms with van der Waals surface area (Å²) in [5.74, 6) is 0. The summed E-state index contributed by atoms with van der Waals surface area (Å²) in [7, 11) is 2.22. The summed E-state index contributed by atoms with van der Waals surface area (Å²) in [5, 5.41) is 0. The largest absolute Gasteiger partial charge is 0.323 e. The molecule has 1 fully saturated rings. The number of likely N-dealkylation sites (N-methyl/N-ethyl adjacent to an activating group) is 1. The van der Waals surface area contributed by atoms with Crippen molar-refractivity contribution in [3.63, 3.8) is 0 Å². The first-order valence-electron chi connectivity index (χ1n) is 8.20. The second kappa shape index (κ2) is 7.39. The van der Waals surface area contributed by atoms with E-state index in [-0.39, 0.29) is 11.5 Å². The lowest BCUT2D eigenvalue weighted by Crippen LogP contribution is -2.41. The molecule has 1 aliphatic heterocycles. The van der Waals surface area contributed by atoms with Crippen molar-refractivity contribution in [2.24, 2.45) is 11.1 Å². The number of hydrogen-bond acceptors (Lipinski definition) is 3. The Morgan fingerprint density at radius 2 is 1.81 bits per heavy atom. The van der Waals surface area contributed by atoms with Gasteiger partial charge in [-0.15, -0.1) is 0 Å². The van der Waals surface area contributed by atoms with Crippen LogP contribution in [0.3, 0.4) is 0 Å². The van der Waals surface area contributed by atoms with Gasteiger partial charge in [-0.1, -0.05) is 44.2 Å². The van der Waals surface area contributed by atoms with E-state index in [1.807, 2.05) is 6.07 Å². The van der Waals surface area contributed by atoms with Gasteiger partial charge in [0.25, 0.3) is 0 Å². The Kier molecular flexibility index (Phi) is 5.80. The SMILES string of the molecule is CN(CCN1CCCC1)CC(C)(C)C(N)c1ccccc1. The Morgan fingerprint density at radius 1 is 1.19 bits per heavy atom. The summed E-state index contributed by atoms with van der Waals surface area (Å²) in [6, 6.07) is 10.5. The van der Waals surface area contributed by atoms with Crippen LogP contribution in [0.25, 0.3) is 0 Å². The molecule has 1 saturated heterocycles. The number of benzene rings is 1. The van der Waals surface area contributed by atoms with E-state index in [0.29, 0.717) is 0 Å². The Labute approximate surface area is 130 Å². The van der Waals surface area contributed by atoms with Crippen LogP contribution >= 0.6 is 0 Å². The summed E-state index contributed by atoms with van der Waals surface area (Å²) in [4.78, 5) is 5.00. The molecule has 0 aromatic heterocycles. The Hall–Kier alpha value is -0.900. The predicted molar refractivity (Wildman–Crippen MR) is 90.3 cm³/mol. The van der Waals surface area contributed by atoms with Crippen LogP contribution < -0.4 is 5.73 Å². The molecule has 1 aromatic carbocycles. The third-order valence-electron chi connectivity index (χ3n) is 4.67. The van der Waals surface area contributed by atoms with E-state index < -0.39 is 0 Å². The lowest BCUT2D eigenvalue weighted by atomic mass is 9.80. The average molecular weight is 289 g/mol. The molecule has 0 radical (unpaired) electrons. The van der Waals surface area contributed by atoms with Crippen molar-refractivity contribution in [3.8, 4) is 0 Å². The van der Waals surface area contributed by atoms with Gasteiger partial charge in [0.15, 0.2) is 0 Å². The van der Waals surface area contributed by atoms with E-state index in [1.54, 1.807) is 0 Å². The molecule has 21 heavy (non-hydrogen) atoms. The summed E-state index contributed by atoms with van der Waals surface area (Å²) in [6.45, 7) is 10.4. The second-order valence-corrected chi connectivity index (χ2v) is 7.16. The van der Waals surface area contributed by atoms with Crippen LogP contribution in [0.5, 0.6) is 0 Å². The van der Waals surface area contributed by atoms with E-state index in [1.165, 1.54) is 38.0 Å². The van der Waals surface area contributed by atoms with E-state index in [4.69, 9.17) is 5.73 Å². The zero-order valence-electron chi connectivity index (χ0n) is 13.9. The van der Waals surface area contributed by atoms with Crippen molar-refractivity contribution in [2.45, 2.75) is 32.7 Å². The summed E-state index contributed by atoms with van der Waals surface area (Å²) >= 11 is 0. The Bertz CT molecular complexity index is 410. The Morgan fingerprint density at radius 3 is 2.43 bits per heavy atom. The minimum absolute atomic E-state index is 0.0705. The molecule has 1 heterocycles. The van der Waals surface area contributed by atoms with Crippen molar-refractivity contribution in [1.82, 2.24) is 9.80 Å². The maximum Gasteiger partial charge on any atom is 0.0359 e. The van der Waals surface area contributed by atoms with E-state index in [2.05, 4.69) is 55.0 Å². The summed E-state index contributed by atoms with van der Waals surface area (Å²) in [5.41, 5.74) is 7.80. The molecule has 118 valence electrons. The van der Waals surface area contributed by atoms with E-state index in [9.17, 15) is 0 Å². The maximum atomic E-state index is 6.50. The first-order chi connectivity index (χ1) is 9.99. The van der Waals surface area contributed by atoms with Crippen molar-refractivity contribution in [2.75, 3.05) is 39.8 Å². The molecule has 1 unspecified atom stereocenters. The van der Waals surface area contributed by atoms with Gasteiger partial charge in [-0.3, -0.25) is 0 Å². The average Bonchev–Trinajstić information content (AvgIpc) is 2.98. The number of likely N-dealkylation sites (tertiary alicyclic amines) is 1. The highest BCUT2D eigenvalue weighted by Gasteiger charge is 2.29. The minimum atomic E-state index is 0.0705. The van der Waals surface area contributed by atoms with Gasteiger partial charge in [-0.25, -0.2) is 0 Å². The molecule has 0 bridgehead atoms. The standard InChI is InChI=1S/C18H31N3/c1-18(2,17(19)16-9-5-4-6-10-16)15-20(3)13-14-21-11-7-8-12-21/h4-6,9-10,17H,7-8,11-15,19H2,1-3H3. The van der Waals surface area contributed by atoms with Gasteiger partial charge < -0.3 is 15.5 Å². The molecule has 0 spiro atoms. The van der Waals surface area contributed by atoms with E-state index in [0.717, 1.165) is 13.1 Å². The van der Waals surface area contributed by atoms with Gasteiger partial charge in [0.1, 0.15) is 0 Å². The monoisotopic (exact) mass is 289 g/mol. The molecule has 1 aromatic rings. The van der Waals surface area contributed by atoms with Crippen LogP contribution in [0.1, 0.15) is 38.3 Å². The molecule has 0 aliphatic carbocycles. The number of rotatable bonds is 7. The highest BCUT2D eigenvalue weighted by Crippen LogP contribution is 2.31. The smallest absolute Gasteiger partial charge is 0.0359 e. The van der Waals surface area contributed by atoms with Crippen LogP contribution in [0, 0.1) is 5.41 Å². The first kappa shape index (κ1) is 16.5. The van der Waals surface area contributed by atoms with Crippen LogP contribution in [0.2, 0.25) is 0 Å². The van der Waals surface area contributed by atoms with Gasteiger partial charge in [0.2, 0.25) is 0 Å². The first-order valence-corrected chi connectivity index (χ1v) is 8.20. The maximum absolute atomic E-state index is 6.50. The molecule has 1 aliphatic rings. The molecule has 3 heteroatoms. The fraction of sp³-hybridized carbons (Fsp3) is 0.667. The number of hydrogen-bond donors (Lipinski definition) is 1. The molecule has 0 saturated carbocycles. The fourth-order valence-electron chi connectivity index (χ4n) is 3.30. The summed E-state index contributed by atoms with van der Waals surface area (Å²) in [6.07, 6.45) is 2.74. The van der Waals surface area contributed by atoms with Crippen molar-refractivity contribution < 1.29 is 0 Å². The second-order valence-electron chi connectivity index (χ2n) is 7.16. The fourth-order valence-corrected chi connectivity index (χ4v) is 3.30. The topological polar surface area (TPSA) is 32.5 Å². The quantitative estimate of drug-likeness (QED) is 0.838. The van der Waals surface area contributed by atoms with Crippen LogP contribution in [-0.2, 0) is 0 Å². The normalized spacial score (nSPS) is 18.3. The Balaban J connectivity index is 1.84. The van der Waals surface area contributed by atoms with Crippen molar-refractivity contribution in [1.29, 1.82) is 0 Å². The zero-order valence-corrected chi connectivity index (χ0v) is 13.9. The highest BCUT2D eigenvalue weighted by molar-refractivity contribution is 5.20. The van der Waals surface area contributed by atoms with Crippen molar-refractivity contribution >= 4 is 0 Å². The minimum Gasteiger partial charge on any atom is -0.323 e. The van der Waals surface area contributed by atoms with Crippen LogP contribution in [0.15, 0.2) is 30.3 Å². The van der Waals surface area contributed by atoms with E-state index >= 15 is 0 Å². The third kappa shape index (κ3) is 4.80. The van der Waals surface area contributed by atoms with Crippen LogP contribution in [-0.4, -0.2) is 49.6 Å². The highest BCUT2D eigenvalue weighted by atomic mass is 15.2. The zero-order chi connectivity index (χ0) is 15.3. The lowest BCUT2D eigenvalue weighted by molar-refractivity contribution is 0.162. The van der Waals surface area contributed by atoms with Crippen molar-refractivity contribution in [3.05, 3.63) is 35.9 Å². The predicted octanol–water partition coefficient (Wildman–Crippen LogP) is 2.74. The number of nitrogens with two attached hydrogens (primary N) is 1. The molecule has 1 atom stereocenters. The molecular weight excluding hydrogens is 258 g/mol. The lowest BCUT2D eigenvalue weighted by Gasteiger charge is -2.36. The number of nitrogens with zero attached hydrogens (tertiary/aromatic N) is 2. The molecule has 2 rings (SSSR count). The van der Waals surface area contributed by atoms with Crippen LogP contribution in [0.4, 0.5) is 0 Å². The third-order valence-corrected chi connectivity index (χ3v) is 4.67. The molecular formula is C18H31N3. The van der Waals surface area contributed by atoms with Gasteiger partial charge in [-0.2, -0.15) is 0 Å². The van der Waals surface area contributed by atoms with Gasteiger partial charge in [0.05, 0.1) is 0 Å². The van der Waals surface area contributed by atoms with Gasteiger partial charge >= 0.3 is 0 Å². The summed E-state index contributed by atoms with van der Waals surface area (Å²) < 4.78 is 0. The molecule has 2 N–H and O–H groups in total. The van der Waals surface area contributed by atoms with Gasteiger partial charge in [0, 0.05) is 25.7 Å². The molecule has 0 amide bonds.